The van der Waals surface area contributed by atoms with Gasteiger partial charge in [0.1, 0.15) is 0 Å². The molecule has 1 aliphatic rings. The van der Waals surface area contributed by atoms with Gasteiger partial charge in [-0.25, -0.2) is 0 Å². The minimum atomic E-state index is -0.00586. The molecule has 3 nitrogen and oxygen atoms in total. The first kappa shape index (κ1) is 14.9. The van der Waals surface area contributed by atoms with Crippen molar-refractivity contribution in [3.63, 3.8) is 0 Å². The van der Waals surface area contributed by atoms with E-state index in [9.17, 15) is 4.79 Å². The summed E-state index contributed by atoms with van der Waals surface area (Å²) in [5.41, 5.74) is 1.27. The van der Waals surface area contributed by atoms with E-state index in [0.29, 0.717) is 28.5 Å². The number of hydrogen-bond acceptors (Lipinski definition) is 2. The average Bonchev–Trinajstić information content (AvgIpc) is 3.23. The minimum Gasteiger partial charge on any atom is -0.395 e. The number of nitrogens with zero attached hydrogens (tertiary/aromatic N) is 1. The third kappa shape index (κ3) is 4.00. The zero-order valence-corrected chi connectivity index (χ0v) is 12.3. The van der Waals surface area contributed by atoms with Crippen LogP contribution in [0.2, 0.25) is 5.02 Å². The van der Waals surface area contributed by atoms with Crippen LogP contribution in [0.25, 0.3) is 0 Å². The van der Waals surface area contributed by atoms with E-state index in [-0.39, 0.29) is 12.5 Å². The normalized spacial score (nSPS) is 13.6. The van der Waals surface area contributed by atoms with Crippen molar-refractivity contribution in [3.8, 4) is 11.8 Å². The highest BCUT2D eigenvalue weighted by Gasteiger charge is 2.25. The van der Waals surface area contributed by atoms with Crippen molar-refractivity contribution in [1.29, 1.82) is 0 Å². The molecule has 0 spiro atoms. The molecule has 1 N–H and O–H groups in total. The van der Waals surface area contributed by atoms with Gasteiger partial charge in [0.2, 0.25) is 0 Å². The summed E-state index contributed by atoms with van der Waals surface area (Å²) >= 11 is 6.14. The largest absolute Gasteiger partial charge is 0.395 e. The van der Waals surface area contributed by atoms with Gasteiger partial charge in [0.05, 0.1) is 11.6 Å². The number of aliphatic hydroxyl groups is 1. The lowest BCUT2D eigenvalue weighted by Gasteiger charge is -2.17. The van der Waals surface area contributed by atoms with Crippen LogP contribution in [0, 0.1) is 17.8 Å². The van der Waals surface area contributed by atoms with Crippen molar-refractivity contribution in [2.24, 2.45) is 5.92 Å². The van der Waals surface area contributed by atoms with Crippen LogP contribution >= 0.6 is 11.6 Å². The van der Waals surface area contributed by atoms with E-state index in [0.717, 1.165) is 6.54 Å². The Morgan fingerprint density at radius 2 is 2.25 bits per heavy atom. The first-order valence-electron chi connectivity index (χ1n) is 6.76. The Labute approximate surface area is 124 Å². The van der Waals surface area contributed by atoms with E-state index in [1.54, 1.807) is 23.1 Å². The number of carbonyl (C=O) groups is 1. The maximum Gasteiger partial charge on any atom is 0.253 e. The van der Waals surface area contributed by atoms with E-state index < -0.39 is 0 Å². The fourth-order valence-corrected chi connectivity index (χ4v) is 2.18. The molecule has 20 heavy (non-hydrogen) atoms. The molecule has 0 atom stereocenters. The van der Waals surface area contributed by atoms with Crippen LogP contribution in [0.5, 0.6) is 0 Å². The summed E-state index contributed by atoms with van der Waals surface area (Å²) in [7, 11) is 1.82. The second kappa shape index (κ2) is 6.78. The van der Waals surface area contributed by atoms with Crippen molar-refractivity contribution >= 4 is 17.5 Å². The molecule has 1 amide bonds. The molecule has 1 aliphatic carbocycles. The van der Waals surface area contributed by atoms with Crippen molar-refractivity contribution in [2.45, 2.75) is 19.3 Å². The SMILES string of the molecule is CN(CC1CC1)C(=O)c1ccc(C#CCCO)c(Cl)c1. The monoisotopic (exact) mass is 291 g/mol. The summed E-state index contributed by atoms with van der Waals surface area (Å²) in [4.78, 5) is 14.0. The maximum absolute atomic E-state index is 12.2. The molecule has 1 fully saturated rings. The van der Waals surface area contributed by atoms with Crippen LogP contribution < -0.4 is 0 Å². The lowest BCUT2D eigenvalue weighted by atomic mass is 10.1. The summed E-state index contributed by atoms with van der Waals surface area (Å²) in [6, 6.07) is 5.17. The van der Waals surface area contributed by atoms with Crippen molar-refractivity contribution < 1.29 is 9.90 Å². The molecule has 0 heterocycles. The summed E-state index contributed by atoms with van der Waals surface area (Å²) in [5.74, 6) is 6.37. The van der Waals surface area contributed by atoms with E-state index in [4.69, 9.17) is 16.7 Å². The number of carbonyl (C=O) groups excluding carboxylic acids is 1. The minimum absolute atomic E-state index is 0.00586. The van der Waals surface area contributed by atoms with Gasteiger partial charge in [0, 0.05) is 31.1 Å². The fourth-order valence-electron chi connectivity index (χ4n) is 1.95. The zero-order chi connectivity index (χ0) is 14.5. The Bertz CT molecular complexity index is 555. The Morgan fingerprint density at radius 1 is 1.50 bits per heavy atom. The van der Waals surface area contributed by atoms with Crippen LogP contribution in [-0.2, 0) is 0 Å². The molecule has 0 bridgehead atoms. The summed E-state index contributed by atoms with van der Waals surface area (Å²) in [5, 5.41) is 9.16. The van der Waals surface area contributed by atoms with Gasteiger partial charge in [-0.2, -0.15) is 0 Å². The predicted octanol–water partition coefficient (Wildman–Crippen LogP) is 2.56. The van der Waals surface area contributed by atoms with Crippen molar-refractivity contribution in [3.05, 3.63) is 34.3 Å². The van der Waals surface area contributed by atoms with Gasteiger partial charge in [0.15, 0.2) is 0 Å². The van der Waals surface area contributed by atoms with E-state index >= 15 is 0 Å². The molecular formula is C16H18ClNO2. The van der Waals surface area contributed by atoms with Gasteiger partial charge in [-0.3, -0.25) is 4.79 Å². The summed E-state index contributed by atoms with van der Waals surface area (Å²) in [6.07, 6.45) is 2.86. The van der Waals surface area contributed by atoms with Crippen molar-refractivity contribution in [1.82, 2.24) is 4.90 Å². The van der Waals surface area contributed by atoms with Crippen LogP contribution in [0.4, 0.5) is 0 Å². The number of rotatable bonds is 4. The lowest BCUT2D eigenvalue weighted by molar-refractivity contribution is 0.0788. The van der Waals surface area contributed by atoms with Crippen LogP contribution in [0.3, 0.4) is 0 Å². The number of halogens is 1. The Morgan fingerprint density at radius 3 is 2.85 bits per heavy atom. The Hall–Kier alpha value is -1.50. The van der Waals surface area contributed by atoms with Gasteiger partial charge >= 0.3 is 0 Å². The highest BCUT2D eigenvalue weighted by molar-refractivity contribution is 6.32. The fraction of sp³-hybridized carbons (Fsp3) is 0.438. The summed E-state index contributed by atoms with van der Waals surface area (Å²) < 4.78 is 0. The smallest absolute Gasteiger partial charge is 0.253 e. The Kier molecular flexibility index (Phi) is 5.05. The van der Waals surface area contributed by atoms with Crippen LogP contribution in [0.1, 0.15) is 35.2 Å². The number of benzene rings is 1. The molecule has 1 aromatic carbocycles. The molecular weight excluding hydrogens is 274 g/mol. The molecule has 4 heteroatoms. The van der Waals surface area contributed by atoms with Gasteiger partial charge in [-0.15, -0.1) is 0 Å². The van der Waals surface area contributed by atoms with Crippen LogP contribution in [-0.4, -0.2) is 36.1 Å². The predicted molar refractivity (Wildman–Crippen MR) is 79.7 cm³/mol. The molecule has 1 aromatic rings. The lowest BCUT2D eigenvalue weighted by Crippen LogP contribution is -2.28. The van der Waals surface area contributed by atoms with Gasteiger partial charge in [-0.1, -0.05) is 23.4 Å². The first-order valence-corrected chi connectivity index (χ1v) is 7.14. The van der Waals surface area contributed by atoms with E-state index in [1.165, 1.54) is 12.8 Å². The molecule has 1 saturated carbocycles. The molecule has 0 aliphatic heterocycles. The van der Waals surface area contributed by atoms with E-state index in [1.807, 2.05) is 7.05 Å². The molecule has 0 unspecified atom stereocenters. The standard InChI is InChI=1S/C16H18ClNO2/c1-18(11-12-5-6-12)16(20)14-8-7-13(15(17)10-14)4-2-3-9-19/h7-8,10,12,19H,3,5-6,9,11H2,1H3. The topological polar surface area (TPSA) is 40.5 Å². The average molecular weight is 292 g/mol. The highest BCUT2D eigenvalue weighted by atomic mass is 35.5. The molecule has 0 aromatic heterocycles. The highest BCUT2D eigenvalue weighted by Crippen LogP contribution is 2.29. The maximum atomic E-state index is 12.2. The second-order valence-corrected chi connectivity index (χ2v) is 5.51. The zero-order valence-electron chi connectivity index (χ0n) is 11.5. The van der Waals surface area contributed by atoms with Crippen LogP contribution in [0.15, 0.2) is 18.2 Å². The quantitative estimate of drug-likeness (QED) is 0.866. The third-order valence-corrected chi connectivity index (χ3v) is 3.56. The Balaban J connectivity index is 2.07. The van der Waals surface area contributed by atoms with Crippen molar-refractivity contribution in [2.75, 3.05) is 20.2 Å². The van der Waals surface area contributed by atoms with Gasteiger partial charge in [-0.05, 0) is 37.0 Å². The summed E-state index contributed by atoms with van der Waals surface area (Å²) in [6.45, 7) is 0.849. The molecule has 2 rings (SSSR count). The van der Waals surface area contributed by atoms with E-state index in [2.05, 4.69) is 11.8 Å². The second-order valence-electron chi connectivity index (χ2n) is 5.10. The number of hydrogen-bond donors (Lipinski definition) is 1. The molecule has 0 radical (unpaired) electrons. The van der Waals surface area contributed by atoms with Gasteiger partial charge < -0.3 is 10.0 Å². The molecule has 106 valence electrons. The third-order valence-electron chi connectivity index (χ3n) is 3.25. The molecule has 0 saturated heterocycles. The first-order chi connectivity index (χ1) is 9.61. The number of aliphatic hydroxyl groups excluding tert-OH is 1. The van der Waals surface area contributed by atoms with Gasteiger partial charge in [0.25, 0.3) is 5.91 Å². The number of amides is 1.